The van der Waals surface area contributed by atoms with E-state index in [4.69, 9.17) is 0 Å². The Hall–Kier alpha value is -3.36. The van der Waals surface area contributed by atoms with Gasteiger partial charge in [-0.3, -0.25) is 19.9 Å². The molecule has 0 aliphatic rings. The van der Waals surface area contributed by atoms with E-state index in [1.165, 1.54) is 36.9 Å². The van der Waals surface area contributed by atoms with Crippen LogP contribution >= 0.6 is 0 Å². The first-order chi connectivity index (χ1) is 10.1. The van der Waals surface area contributed by atoms with Crippen LogP contribution in [-0.4, -0.2) is 32.1 Å². The van der Waals surface area contributed by atoms with Crippen LogP contribution in [0, 0.1) is 10.1 Å². The lowest BCUT2D eigenvalue weighted by Gasteiger charge is -1.99. The summed E-state index contributed by atoms with van der Waals surface area (Å²) in [5.41, 5.74) is 2.20. The van der Waals surface area contributed by atoms with Crippen molar-refractivity contribution in [2.75, 3.05) is 0 Å². The largest absolute Gasteiger partial charge is 0.502 e. The van der Waals surface area contributed by atoms with Gasteiger partial charge in [0, 0.05) is 24.0 Å². The molecule has 0 saturated carbocycles. The Bertz CT molecular complexity index is 702. The van der Waals surface area contributed by atoms with Crippen molar-refractivity contribution in [2.45, 2.75) is 0 Å². The number of nitro benzene ring substituents is 1. The number of carbonyl (C=O) groups is 1. The van der Waals surface area contributed by atoms with Gasteiger partial charge in [-0.1, -0.05) is 0 Å². The topological polar surface area (TPSA) is 131 Å². The van der Waals surface area contributed by atoms with Gasteiger partial charge in [-0.2, -0.15) is 5.10 Å². The molecule has 0 saturated heterocycles. The number of nitrogens with one attached hydrogen (secondary N) is 1. The third-order valence-corrected chi connectivity index (χ3v) is 2.37. The molecule has 21 heavy (non-hydrogen) atoms. The Morgan fingerprint density at radius 1 is 1.43 bits per heavy atom. The first-order valence-electron chi connectivity index (χ1n) is 5.65. The van der Waals surface area contributed by atoms with Gasteiger partial charge in [0.1, 0.15) is 5.69 Å². The number of benzene rings is 1. The van der Waals surface area contributed by atoms with Crippen molar-refractivity contribution in [2.24, 2.45) is 5.10 Å². The molecule has 0 radical (unpaired) electrons. The van der Waals surface area contributed by atoms with Gasteiger partial charge in [-0.05, 0) is 12.1 Å². The van der Waals surface area contributed by atoms with E-state index in [-0.39, 0.29) is 5.69 Å². The summed E-state index contributed by atoms with van der Waals surface area (Å²) in [4.78, 5) is 29.0. The molecule has 9 heteroatoms. The molecule has 1 heterocycles. The van der Waals surface area contributed by atoms with E-state index in [9.17, 15) is 20.0 Å². The van der Waals surface area contributed by atoms with Gasteiger partial charge in [0.15, 0.2) is 5.75 Å². The number of aromatic nitrogens is 2. The van der Waals surface area contributed by atoms with Crippen LogP contribution in [0.3, 0.4) is 0 Å². The van der Waals surface area contributed by atoms with Gasteiger partial charge in [0.05, 0.1) is 17.3 Å². The van der Waals surface area contributed by atoms with Crippen molar-refractivity contribution in [3.05, 3.63) is 58.2 Å². The molecule has 0 aliphatic carbocycles. The third-order valence-electron chi connectivity index (χ3n) is 2.37. The summed E-state index contributed by atoms with van der Waals surface area (Å²) in [7, 11) is 0. The van der Waals surface area contributed by atoms with Gasteiger partial charge in [0.2, 0.25) is 0 Å². The van der Waals surface area contributed by atoms with Crippen molar-refractivity contribution >= 4 is 17.8 Å². The maximum Gasteiger partial charge on any atom is 0.311 e. The summed E-state index contributed by atoms with van der Waals surface area (Å²) >= 11 is 0. The number of nitro groups is 1. The summed E-state index contributed by atoms with van der Waals surface area (Å²) in [5, 5.41) is 23.6. The SMILES string of the molecule is O=C(N/N=C\c1ccc(O)c([N+](=O)[O-])c1)c1cnccn1. The van der Waals surface area contributed by atoms with Crippen LogP contribution < -0.4 is 5.43 Å². The first kappa shape index (κ1) is 14.1. The number of hydrazone groups is 1. The zero-order chi connectivity index (χ0) is 15.2. The molecule has 0 unspecified atom stereocenters. The lowest BCUT2D eigenvalue weighted by molar-refractivity contribution is -0.385. The smallest absolute Gasteiger partial charge is 0.311 e. The van der Waals surface area contributed by atoms with Crippen molar-refractivity contribution in [1.29, 1.82) is 0 Å². The van der Waals surface area contributed by atoms with Crippen LogP contribution in [0.25, 0.3) is 0 Å². The van der Waals surface area contributed by atoms with Gasteiger partial charge in [0.25, 0.3) is 5.91 Å². The van der Waals surface area contributed by atoms with Crippen LogP contribution in [-0.2, 0) is 0 Å². The molecule has 0 aliphatic heterocycles. The van der Waals surface area contributed by atoms with E-state index in [1.807, 2.05) is 0 Å². The monoisotopic (exact) mass is 287 g/mol. The molecule has 1 aromatic heterocycles. The number of nitrogens with zero attached hydrogens (tertiary/aromatic N) is 4. The summed E-state index contributed by atoms with van der Waals surface area (Å²) in [6.07, 6.45) is 5.27. The predicted molar refractivity (Wildman–Crippen MR) is 71.9 cm³/mol. The molecular weight excluding hydrogens is 278 g/mol. The van der Waals surface area contributed by atoms with Gasteiger partial charge < -0.3 is 5.11 Å². The minimum absolute atomic E-state index is 0.0892. The fourth-order valence-electron chi connectivity index (χ4n) is 1.41. The van der Waals surface area contributed by atoms with E-state index in [0.29, 0.717) is 5.56 Å². The molecule has 2 aromatic rings. The van der Waals surface area contributed by atoms with Crippen LogP contribution in [0.1, 0.15) is 16.1 Å². The highest BCUT2D eigenvalue weighted by atomic mass is 16.6. The molecule has 1 amide bonds. The highest BCUT2D eigenvalue weighted by molar-refractivity contribution is 5.92. The average molecular weight is 287 g/mol. The standard InChI is InChI=1S/C12H9N5O4/c18-11-2-1-8(5-10(11)17(20)21)6-15-16-12(19)9-7-13-3-4-14-9/h1-7,18H,(H,16,19)/b15-6-. The van der Waals surface area contributed by atoms with Crippen molar-refractivity contribution in [3.63, 3.8) is 0 Å². The Morgan fingerprint density at radius 3 is 2.90 bits per heavy atom. The second kappa shape index (κ2) is 6.19. The quantitative estimate of drug-likeness (QED) is 0.487. The fraction of sp³-hybridized carbons (Fsp3) is 0. The molecule has 0 spiro atoms. The van der Waals surface area contributed by atoms with Gasteiger partial charge >= 0.3 is 5.69 Å². The van der Waals surface area contributed by atoms with Crippen LogP contribution in [0.15, 0.2) is 41.9 Å². The highest BCUT2D eigenvalue weighted by Gasteiger charge is 2.12. The van der Waals surface area contributed by atoms with Crippen molar-refractivity contribution < 1.29 is 14.8 Å². The Balaban J connectivity index is 2.07. The number of amides is 1. The number of rotatable bonds is 4. The second-order valence-electron chi connectivity index (χ2n) is 3.80. The normalized spacial score (nSPS) is 10.5. The van der Waals surface area contributed by atoms with E-state index in [2.05, 4.69) is 20.5 Å². The Kier molecular flexibility index (Phi) is 4.14. The van der Waals surface area contributed by atoms with E-state index >= 15 is 0 Å². The van der Waals surface area contributed by atoms with Crippen molar-refractivity contribution in [1.82, 2.24) is 15.4 Å². The Morgan fingerprint density at radius 2 is 2.24 bits per heavy atom. The maximum absolute atomic E-state index is 11.6. The molecule has 9 nitrogen and oxygen atoms in total. The number of carbonyl (C=O) groups excluding carboxylic acids is 1. The third kappa shape index (κ3) is 3.56. The summed E-state index contributed by atoms with van der Waals surface area (Å²) in [5.74, 6) is -1.01. The molecular formula is C12H9N5O4. The zero-order valence-corrected chi connectivity index (χ0v) is 10.5. The van der Waals surface area contributed by atoms with E-state index in [0.717, 1.165) is 6.07 Å². The number of hydrogen-bond acceptors (Lipinski definition) is 7. The van der Waals surface area contributed by atoms with E-state index in [1.54, 1.807) is 0 Å². The van der Waals surface area contributed by atoms with Crippen LogP contribution in [0.2, 0.25) is 0 Å². The minimum Gasteiger partial charge on any atom is -0.502 e. The number of phenolic OH excluding ortho intramolecular Hbond substituents is 1. The zero-order valence-electron chi connectivity index (χ0n) is 10.5. The second-order valence-corrected chi connectivity index (χ2v) is 3.80. The summed E-state index contributed by atoms with van der Waals surface area (Å²) < 4.78 is 0. The Labute approximate surface area is 118 Å². The molecule has 0 atom stereocenters. The molecule has 1 aromatic carbocycles. The van der Waals surface area contributed by atoms with Crippen LogP contribution in [0.4, 0.5) is 5.69 Å². The van der Waals surface area contributed by atoms with Crippen LogP contribution in [0.5, 0.6) is 5.75 Å². The lowest BCUT2D eigenvalue weighted by Crippen LogP contribution is -2.19. The average Bonchev–Trinajstić information content (AvgIpc) is 2.49. The molecule has 0 bridgehead atoms. The fourth-order valence-corrected chi connectivity index (χ4v) is 1.41. The summed E-state index contributed by atoms with van der Waals surface area (Å²) in [6, 6.07) is 3.72. The summed E-state index contributed by atoms with van der Waals surface area (Å²) in [6.45, 7) is 0. The highest BCUT2D eigenvalue weighted by Crippen LogP contribution is 2.25. The minimum atomic E-state index is -0.717. The predicted octanol–water partition coefficient (Wildman–Crippen LogP) is 0.854. The number of aromatic hydroxyl groups is 1. The maximum atomic E-state index is 11.6. The molecule has 2 rings (SSSR count). The van der Waals surface area contributed by atoms with E-state index < -0.39 is 22.3 Å². The molecule has 0 fully saturated rings. The molecule has 2 N–H and O–H groups in total. The van der Waals surface area contributed by atoms with Gasteiger partial charge in [-0.25, -0.2) is 10.4 Å². The lowest BCUT2D eigenvalue weighted by atomic mass is 10.2. The number of hydrogen-bond donors (Lipinski definition) is 2. The van der Waals surface area contributed by atoms with Crippen molar-refractivity contribution in [3.8, 4) is 5.75 Å². The number of phenols is 1. The molecule has 106 valence electrons. The van der Waals surface area contributed by atoms with Gasteiger partial charge in [-0.15, -0.1) is 0 Å². The first-order valence-corrected chi connectivity index (χ1v) is 5.65.